The number of amides is 1. The van der Waals surface area contributed by atoms with Gasteiger partial charge >= 0.3 is 5.97 Å². The van der Waals surface area contributed by atoms with Crippen molar-refractivity contribution in [3.05, 3.63) is 0 Å². The molecule has 0 spiro atoms. The van der Waals surface area contributed by atoms with Crippen LogP contribution in [0.15, 0.2) is 0 Å². The van der Waals surface area contributed by atoms with Crippen LogP contribution in [0.1, 0.15) is 19.8 Å². The van der Waals surface area contributed by atoms with Gasteiger partial charge in [0.05, 0.1) is 6.54 Å². The van der Waals surface area contributed by atoms with E-state index in [2.05, 4.69) is 6.92 Å². The van der Waals surface area contributed by atoms with Crippen molar-refractivity contribution in [2.75, 3.05) is 37.7 Å². The summed E-state index contributed by atoms with van der Waals surface area (Å²) in [5.74, 6) is 1.33. The van der Waals surface area contributed by atoms with Crippen molar-refractivity contribution in [1.29, 1.82) is 0 Å². The molecule has 1 amide bonds. The van der Waals surface area contributed by atoms with Crippen LogP contribution in [0, 0.1) is 5.92 Å². The molecule has 5 nitrogen and oxygen atoms in total. The minimum absolute atomic E-state index is 0.0877. The zero-order valence-corrected chi connectivity index (χ0v) is 12.2. The summed E-state index contributed by atoms with van der Waals surface area (Å²) in [5.41, 5.74) is 0. The van der Waals surface area contributed by atoms with Crippen LogP contribution in [0.25, 0.3) is 0 Å². The molecule has 2 saturated heterocycles. The number of hydrogen-bond acceptors (Lipinski definition) is 4. The molecule has 0 aliphatic carbocycles. The summed E-state index contributed by atoms with van der Waals surface area (Å²) in [5, 5.41) is 9.19. The van der Waals surface area contributed by atoms with E-state index in [1.807, 2.05) is 9.80 Å². The fourth-order valence-electron chi connectivity index (χ4n) is 2.74. The van der Waals surface area contributed by atoms with E-state index in [0.29, 0.717) is 18.2 Å². The second-order valence-corrected chi connectivity index (χ2v) is 6.64. The predicted molar refractivity (Wildman–Crippen MR) is 75.3 cm³/mol. The first-order valence-corrected chi connectivity index (χ1v) is 8.05. The van der Waals surface area contributed by atoms with Crippen molar-refractivity contribution in [2.45, 2.75) is 25.8 Å². The normalized spacial score (nSPS) is 29.2. The van der Waals surface area contributed by atoms with Crippen LogP contribution in [0.2, 0.25) is 0 Å². The molecule has 2 aliphatic heterocycles. The Morgan fingerprint density at radius 2 is 2.16 bits per heavy atom. The average Bonchev–Trinajstić information content (AvgIpc) is 2.39. The first-order chi connectivity index (χ1) is 9.08. The zero-order valence-electron chi connectivity index (χ0n) is 11.4. The van der Waals surface area contributed by atoms with E-state index in [0.717, 1.165) is 25.3 Å². The van der Waals surface area contributed by atoms with Crippen molar-refractivity contribution in [2.24, 2.45) is 5.92 Å². The van der Waals surface area contributed by atoms with Gasteiger partial charge in [-0.1, -0.05) is 6.92 Å². The number of carboxylic acids is 1. The lowest BCUT2D eigenvalue weighted by atomic mass is 10.0. The molecule has 2 aliphatic rings. The van der Waals surface area contributed by atoms with Gasteiger partial charge in [0, 0.05) is 31.1 Å². The minimum atomic E-state index is -0.813. The Hall–Kier alpha value is -0.750. The van der Waals surface area contributed by atoms with E-state index in [1.165, 1.54) is 6.42 Å². The molecule has 2 unspecified atom stereocenters. The third-order valence-electron chi connectivity index (χ3n) is 3.87. The zero-order chi connectivity index (χ0) is 13.8. The Bertz CT molecular complexity index is 351. The molecule has 6 heteroatoms. The summed E-state index contributed by atoms with van der Waals surface area (Å²) < 4.78 is 0. The molecule has 2 rings (SSSR count). The van der Waals surface area contributed by atoms with E-state index in [9.17, 15) is 14.7 Å². The van der Waals surface area contributed by atoms with Gasteiger partial charge in [-0.05, 0) is 18.8 Å². The second-order valence-electron chi connectivity index (χ2n) is 5.49. The van der Waals surface area contributed by atoms with Crippen LogP contribution >= 0.6 is 11.8 Å². The van der Waals surface area contributed by atoms with Crippen molar-refractivity contribution in [3.63, 3.8) is 0 Å². The molecular formula is C13H22N2O3S. The Morgan fingerprint density at radius 3 is 2.84 bits per heavy atom. The number of carbonyl (C=O) groups excluding carboxylic acids is 1. The molecule has 19 heavy (non-hydrogen) atoms. The third kappa shape index (κ3) is 3.86. The number of hydrogen-bond donors (Lipinski definition) is 1. The lowest BCUT2D eigenvalue weighted by molar-refractivity contribution is -0.144. The van der Waals surface area contributed by atoms with Gasteiger partial charge in [-0.3, -0.25) is 14.5 Å². The van der Waals surface area contributed by atoms with Crippen LogP contribution < -0.4 is 0 Å². The number of thioether (sulfide) groups is 1. The lowest BCUT2D eigenvalue weighted by Gasteiger charge is -2.36. The highest BCUT2D eigenvalue weighted by Crippen LogP contribution is 2.19. The summed E-state index contributed by atoms with van der Waals surface area (Å²) in [6, 6.07) is -0.509. The summed E-state index contributed by atoms with van der Waals surface area (Å²) in [6.45, 7) is 4.75. The summed E-state index contributed by atoms with van der Waals surface area (Å²) in [4.78, 5) is 27.2. The molecule has 0 bridgehead atoms. The highest BCUT2D eigenvalue weighted by molar-refractivity contribution is 7.99. The highest BCUT2D eigenvalue weighted by Gasteiger charge is 2.31. The van der Waals surface area contributed by atoms with Crippen LogP contribution in [-0.2, 0) is 9.59 Å². The largest absolute Gasteiger partial charge is 0.480 e. The third-order valence-corrected chi connectivity index (χ3v) is 4.90. The number of piperidine rings is 1. The lowest BCUT2D eigenvalue weighted by Crippen LogP contribution is -2.52. The Kier molecular flexibility index (Phi) is 5.10. The average molecular weight is 286 g/mol. The Morgan fingerprint density at radius 1 is 1.37 bits per heavy atom. The number of likely N-dealkylation sites (tertiary alicyclic amines) is 1. The molecule has 2 atom stereocenters. The molecule has 0 aromatic heterocycles. The maximum absolute atomic E-state index is 12.3. The van der Waals surface area contributed by atoms with Gasteiger partial charge in [-0.25, -0.2) is 0 Å². The van der Waals surface area contributed by atoms with E-state index in [4.69, 9.17) is 0 Å². The van der Waals surface area contributed by atoms with Gasteiger partial charge in [0.15, 0.2) is 0 Å². The van der Waals surface area contributed by atoms with Crippen molar-refractivity contribution >= 4 is 23.6 Å². The van der Waals surface area contributed by atoms with E-state index >= 15 is 0 Å². The maximum atomic E-state index is 12.3. The van der Waals surface area contributed by atoms with Crippen molar-refractivity contribution < 1.29 is 14.7 Å². The molecule has 0 aromatic carbocycles. The van der Waals surface area contributed by atoms with Crippen molar-refractivity contribution in [1.82, 2.24) is 9.80 Å². The second kappa shape index (κ2) is 6.61. The quantitative estimate of drug-likeness (QED) is 0.829. The molecule has 2 heterocycles. The minimum Gasteiger partial charge on any atom is -0.480 e. The molecule has 0 aromatic rings. The number of rotatable bonds is 3. The SMILES string of the molecule is CC1CCCN(C(=O)CN2CCSCC2C(=O)O)C1. The van der Waals surface area contributed by atoms with Crippen LogP contribution in [0.5, 0.6) is 0 Å². The molecule has 1 N–H and O–H groups in total. The van der Waals surface area contributed by atoms with E-state index in [-0.39, 0.29) is 12.5 Å². The van der Waals surface area contributed by atoms with Crippen LogP contribution in [-0.4, -0.2) is 70.5 Å². The molecular weight excluding hydrogens is 264 g/mol. The smallest absolute Gasteiger partial charge is 0.321 e. The Labute approximate surface area is 118 Å². The number of nitrogens with zero attached hydrogens (tertiary/aromatic N) is 2. The predicted octanol–water partition coefficient (Wildman–Crippen LogP) is 0.747. The van der Waals surface area contributed by atoms with Crippen LogP contribution in [0.3, 0.4) is 0 Å². The van der Waals surface area contributed by atoms with Gasteiger partial charge in [-0.15, -0.1) is 0 Å². The monoisotopic (exact) mass is 286 g/mol. The van der Waals surface area contributed by atoms with Gasteiger partial charge in [0.1, 0.15) is 6.04 Å². The molecule has 0 saturated carbocycles. The summed E-state index contributed by atoms with van der Waals surface area (Å²) >= 11 is 1.65. The standard InChI is InChI=1S/C13H22N2O3S/c1-10-3-2-4-15(7-10)12(16)8-14-5-6-19-9-11(14)13(17)18/h10-11H,2-9H2,1H3,(H,17,18). The van der Waals surface area contributed by atoms with E-state index in [1.54, 1.807) is 11.8 Å². The Balaban J connectivity index is 1.91. The van der Waals surface area contributed by atoms with Crippen LogP contribution in [0.4, 0.5) is 0 Å². The summed E-state index contributed by atoms with van der Waals surface area (Å²) in [7, 11) is 0. The number of carbonyl (C=O) groups is 2. The number of aliphatic carboxylic acids is 1. The topological polar surface area (TPSA) is 60.9 Å². The fourth-order valence-corrected chi connectivity index (χ4v) is 3.85. The maximum Gasteiger partial charge on any atom is 0.321 e. The van der Waals surface area contributed by atoms with Gasteiger partial charge < -0.3 is 10.0 Å². The molecule has 2 fully saturated rings. The van der Waals surface area contributed by atoms with Gasteiger partial charge in [0.2, 0.25) is 5.91 Å². The summed E-state index contributed by atoms with van der Waals surface area (Å²) in [6.07, 6.45) is 2.24. The fraction of sp³-hybridized carbons (Fsp3) is 0.846. The first-order valence-electron chi connectivity index (χ1n) is 6.90. The van der Waals surface area contributed by atoms with Gasteiger partial charge in [0.25, 0.3) is 0 Å². The van der Waals surface area contributed by atoms with E-state index < -0.39 is 12.0 Å². The van der Waals surface area contributed by atoms with Crippen molar-refractivity contribution in [3.8, 4) is 0 Å². The number of carboxylic acid groups (broad SMARTS) is 1. The molecule has 0 radical (unpaired) electrons. The molecule has 108 valence electrons. The first kappa shape index (κ1) is 14.7. The highest BCUT2D eigenvalue weighted by atomic mass is 32.2. The van der Waals surface area contributed by atoms with Gasteiger partial charge in [-0.2, -0.15) is 11.8 Å².